The van der Waals surface area contributed by atoms with Crippen molar-refractivity contribution in [2.75, 3.05) is 26.1 Å². The molecule has 0 fully saturated rings. The largest absolute Gasteiger partial charge is 0.464 e. The predicted octanol–water partition coefficient (Wildman–Crippen LogP) is 6.17. The van der Waals surface area contributed by atoms with E-state index in [-0.39, 0.29) is 24.4 Å². The smallest absolute Gasteiger partial charge is 0.410 e. The van der Waals surface area contributed by atoms with Crippen LogP contribution < -0.4 is 0 Å². The van der Waals surface area contributed by atoms with Crippen molar-refractivity contribution in [1.82, 2.24) is 4.90 Å². The Kier molecular flexibility index (Phi) is 17.5. The molecule has 0 aliphatic heterocycles. The third kappa shape index (κ3) is 14.1. The summed E-state index contributed by atoms with van der Waals surface area (Å²) in [7, 11) is 1.57. The van der Waals surface area contributed by atoms with Gasteiger partial charge in [-0.2, -0.15) is 0 Å². The summed E-state index contributed by atoms with van der Waals surface area (Å²) in [6, 6.07) is -0.619. The van der Waals surface area contributed by atoms with E-state index in [1.165, 1.54) is 56.3 Å². The van der Waals surface area contributed by atoms with Crippen LogP contribution in [-0.2, 0) is 14.3 Å². The van der Waals surface area contributed by atoms with Crippen LogP contribution in [0.4, 0.5) is 4.79 Å². The number of nitrogens with zero attached hydrogens (tertiary/aromatic N) is 1. The number of carbonyl (C=O) groups excluding carboxylic acids is 2. The van der Waals surface area contributed by atoms with Crippen molar-refractivity contribution in [2.45, 2.75) is 97.4 Å². The first-order valence-electron chi connectivity index (χ1n) is 11.1. The van der Waals surface area contributed by atoms with Crippen molar-refractivity contribution in [3.8, 4) is 0 Å². The molecule has 0 aromatic rings. The van der Waals surface area contributed by atoms with Crippen molar-refractivity contribution in [2.24, 2.45) is 5.92 Å². The number of hydrogen-bond acceptors (Lipinski definition) is 4. The minimum absolute atomic E-state index is 0.132. The van der Waals surface area contributed by atoms with Crippen molar-refractivity contribution < 1.29 is 19.1 Å². The van der Waals surface area contributed by atoms with Crippen LogP contribution in [0.15, 0.2) is 0 Å². The van der Waals surface area contributed by atoms with Gasteiger partial charge in [0.1, 0.15) is 12.6 Å². The normalized spacial score (nSPS) is 12.1. The Morgan fingerprint density at radius 3 is 1.89 bits per heavy atom. The van der Waals surface area contributed by atoms with Gasteiger partial charge in [0.05, 0.1) is 12.5 Å². The Hall–Kier alpha value is -0.970. The molecule has 1 unspecified atom stereocenters. The maximum absolute atomic E-state index is 12.5. The van der Waals surface area contributed by atoms with Gasteiger partial charge in [0.25, 0.3) is 0 Å². The maximum Gasteiger partial charge on any atom is 0.410 e. The van der Waals surface area contributed by atoms with Crippen LogP contribution in [0, 0.1) is 5.92 Å². The first kappa shape index (κ1) is 27.0. The number of unbranched alkanes of at least 4 members (excludes halogenated alkanes) is 9. The molecule has 166 valence electrons. The number of alkyl halides is 1. The number of esters is 1. The molecule has 6 heteroatoms. The first-order valence-corrected chi connectivity index (χ1v) is 11.6. The third-order valence-electron chi connectivity index (χ3n) is 4.77. The number of likely N-dealkylation sites (N-methyl/N-ethyl adjacent to an activating group) is 1. The molecule has 0 rings (SSSR count). The molecular weight excluding hydrogens is 378 g/mol. The Morgan fingerprint density at radius 2 is 1.39 bits per heavy atom. The second-order valence-electron chi connectivity index (χ2n) is 7.91. The Morgan fingerprint density at radius 1 is 0.857 bits per heavy atom. The highest BCUT2D eigenvalue weighted by atomic mass is 35.5. The lowest BCUT2D eigenvalue weighted by atomic mass is 10.0. The summed E-state index contributed by atoms with van der Waals surface area (Å²) in [5.41, 5.74) is 0. The molecule has 0 aliphatic rings. The van der Waals surface area contributed by atoms with Crippen molar-refractivity contribution in [1.29, 1.82) is 0 Å². The number of rotatable bonds is 17. The van der Waals surface area contributed by atoms with Crippen LogP contribution in [0.2, 0.25) is 0 Å². The second kappa shape index (κ2) is 18.1. The van der Waals surface area contributed by atoms with Crippen LogP contribution in [0.5, 0.6) is 0 Å². The predicted molar refractivity (Wildman–Crippen MR) is 116 cm³/mol. The lowest BCUT2D eigenvalue weighted by Crippen LogP contribution is -2.44. The average Bonchev–Trinajstić information content (AvgIpc) is 2.67. The fraction of sp³-hybridized carbons (Fsp3) is 0.909. The zero-order chi connectivity index (χ0) is 21.2. The molecule has 0 heterocycles. The van der Waals surface area contributed by atoms with Crippen molar-refractivity contribution in [3.05, 3.63) is 0 Å². The lowest BCUT2D eigenvalue weighted by Gasteiger charge is -2.27. The summed E-state index contributed by atoms with van der Waals surface area (Å²) in [6.45, 7) is 6.81. The highest BCUT2D eigenvalue weighted by Gasteiger charge is 2.29. The number of hydrogen-bond donors (Lipinski definition) is 0. The van der Waals surface area contributed by atoms with E-state index < -0.39 is 12.1 Å². The maximum atomic E-state index is 12.5. The molecule has 0 saturated carbocycles. The third-order valence-corrected chi connectivity index (χ3v) is 4.92. The van der Waals surface area contributed by atoms with Crippen LogP contribution in [0.1, 0.15) is 91.4 Å². The molecule has 0 aromatic carbocycles. The molecule has 0 bridgehead atoms. The van der Waals surface area contributed by atoms with Gasteiger partial charge in [0.15, 0.2) is 0 Å². The summed E-state index contributed by atoms with van der Waals surface area (Å²) >= 11 is 5.55. The van der Waals surface area contributed by atoms with Gasteiger partial charge in [-0.05, 0) is 18.8 Å². The molecule has 28 heavy (non-hydrogen) atoms. The fourth-order valence-corrected chi connectivity index (χ4v) is 3.15. The van der Waals surface area contributed by atoms with E-state index >= 15 is 0 Å². The summed E-state index contributed by atoms with van der Waals surface area (Å²) in [5.74, 6) is 0.144. The number of amides is 1. The molecule has 1 atom stereocenters. The Bertz CT molecular complexity index is 404. The summed E-state index contributed by atoms with van der Waals surface area (Å²) in [6.07, 6.45) is 12.4. The van der Waals surface area contributed by atoms with E-state index in [0.29, 0.717) is 13.0 Å². The number of ether oxygens (including phenoxy) is 2. The minimum atomic E-state index is -0.619. The van der Waals surface area contributed by atoms with Gasteiger partial charge in [-0.1, -0.05) is 78.6 Å². The molecule has 0 radical (unpaired) electrons. The second-order valence-corrected chi connectivity index (χ2v) is 8.29. The van der Waals surface area contributed by atoms with Gasteiger partial charge < -0.3 is 9.47 Å². The number of carbonyl (C=O) groups is 2. The van der Waals surface area contributed by atoms with Gasteiger partial charge in [0.2, 0.25) is 0 Å². The van der Waals surface area contributed by atoms with E-state index in [2.05, 4.69) is 6.92 Å². The van der Waals surface area contributed by atoms with Crippen molar-refractivity contribution in [3.63, 3.8) is 0 Å². The summed E-state index contributed by atoms with van der Waals surface area (Å²) < 4.78 is 10.5. The van der Waals surface area contributed by atoms with Gasteiger partial charge in [0, 0.05) is 7.05 Å². The summed E-state index contributed by atoms with van der Waals surface area (Å²) in [4.78, 5) is 25.8. The van der Waals surface area contributed by atoms with E-state index in [1.54, 1.807) is 7.05 Å². The van der Waals surface area contributed by atoms with Crippen LogP contribution >= 0.6 is 11.6 Å². The molecular formula is C22H42ClNO4. The quantitative estimate of drug-likeness (QED) is 0.160. The van der Waals surface area contributed by atoms with E-state index in [9.17, 15) is 9.59 Å². The van der Waals surface area contributed by atoms with Gasteiger partial charge in [-0.15, -0.1) is 11.6 Å². The average molecular weight is 420 g/mol. The SMILES string of the molecule is CCCCCCCCCCCCOC(=O)C(CC(C)C)N(C)C(=O)OCCCl. The molecule has 1 amide bonds. The molecule has 0 aromatic heterocycles. The molecule has 0 N–H and O–H groups in total. The number of halogens is 1. The van der Waals surface area contributed by atoms with Gasteiger partial charge in [-0.25, -0.2) is 9.59 Å². The monoisotopic (exact) mass is 419 g/mol. The van der Waals surface area contributed by atoms with Crippen LogP contribution in [0.3, 0.4) is 0 Å². The lowest BCUT2D eigenvalue weighted by molar-refractivity contribution is -0.149. The molecule has 5 nitrogen and oxygen atoms in total. The van der Waals surface area contributed by atoms with E-state index in [4.69, 9.17) is 21.1 Å². The molecule has 0 spiro atoms. The zero-order valence-corrected chi connectivity index (χ0v) is 19.3. The van der Waals surface area contributed by atoms with E-state index in [1.807, 2.05) is 13.8 Å². The van der Waals surface area contributed by atoms with Crippen LogP contribution in [0.25, 0.3) is 0 Å². The molecule has 0 aliphatic carbocycles. The minimum Gasteiger partial charge on any atom is -0.464 e. The topological polar surface area (TPSA) is 55.8 Å². The zero-order valence-electron chi connectivity index (χ0n) is 18.5. The molecule has 0 saturated heterocycles. The van der Waals surface area contributed by atoms with Gasteiger partial charge >= 0.3 is 12.1 Å². The van der Waals surface area contributed by atoms with Crippen LogP contribution in [-0.4, -0.2) is 49.1 Å². The standard InChI is InChI=1S/C22H42ClNO4/c1-5-6-7-8-9-10-11-12-13-14-16-27-21(25)20(18-19(2)3)24(4)22(26)28-17-15-23/h19-20H,5-18H2,1-4H3. The highest BCUT2D eigenvalue weighted by molar-refractivity contribution is 6.18. The highest BCUT2D eigenvalue weighted by Crippen LogP contribution is 2.14. The van der Waals surface area contributed by atoms with E-state index in [0.717, 1.165) is 12.8 Å². The fourth-order valence-electron chi connectivity index (χ4n) is 3.07. The van der Waals surface area contributed by atoms with Gasteiger partial charge in [-0.3, -0.25) is 4.90 Å². The first-order chi connectivity index (χ1) is 13.4. The Labute approximate surface area is 177 Å². The summed E-state index contributed by atoms with van der Waals surface area (Å²) in [5, 5.41) is 0. The van der Waals surface area contributed by atoms with Crippen molar-refractivity contribution >= 4 is 23.7 Å². The Balaban J connectivity index is 4.03.